The van der Waals surface area contributed by atoms with Crippen molar-refractivity contribution in [2.24, 2.45) is 0 Å². The molecule has 3 rings (SSSR count). The number of aryl methyl sites for hydroxylation is 1. The first-order chi connectivity index (χ1) is 13.4. The summed E-state index contributed by atoms with van der Waals surface area (Å²) in [4.78, 5) is 34.9. The molecule has 0 saturated carbocycles. The lowest BCUT2D eigenvalue weighted by atomic mass is 10.1. The van der Waals surface area contributed by atoms with Gasteiger partial charge in [-0.15, -0.1) is 0 Å². The zero-order valence-electron chi connectivity index (χ0n) is 15.0. The Morgan fingerprint density at radius 3 is 2.04 bits per heavy atom. The summed E-state index contributed by atoms with van der Waals surface area (Å²) in [5.74, 6) is -0.674. The summed E-state index contributed by atoms with van der Waals surface area (Å²) in [6.07, 6.45) is 0. The fraction of sp³-hybridized carbons (Fsp3) is 0.0476. The molecule has 3 aromatic rings. The van der Waals surface area contributed by atoms with Gasteiger partial charge in [-0.25, -0.2) is 0 Å². The third-order valence-corrected chi connectivity index (χ3v) is 4.11. The van der Waals surface area contributed by atoms with Gasteiger partial charge in [0.15, 0.2) is 0 Å². The molecule has 0 unspecified atom stereocenters. The molecule has 140 valence electrons. The SMILES string of the molecule is Cc1ccccc1C(=O)Nc1ccc(NC(=O)c2cccc([N+](=O)[O-])c2)cc1. The standard InChI is InChI=1S/C21H17N3O4/c1-14-5-2-3-8-19(14)21(26)23-17-11-9-16(10-12-17)22-20(25)15-6-4-7-18(13-15)24(27)28/h2-13H,1H3,(H,22,25)(H,23,26). The summed E-state index contributed by atoms with van der Waals surface area (Å²) in [5.41, 5.74) is 2.59. The summed E-state index contributed by atoms with van der Waals surface area (Å²) < 4.78 is 0. The maximum absolute atomic E-state index is 12.3. The van der Waals surface area contributed by atoms with Crippen molar-refractivity contribution in [3.05, 3.63) is 99.6 Å². The Morgan fingerprint density at radius 2 is 1.43 bits per heavy atom. The van der Waals surface area contributed by atoms with Crippen LogP contribution in [0.1, 0.15) is 26.3 Å². The van der Waals surface area contributed by atoms with Crippen LogP contribution in [0.3, 0.4) is 0 Å². The van der Waals surface area contributed by atoms with E-state index in [1.165, 1.54) is 24.3 Å². The Hall–Kier alpha value is -4.00. The lowest BCUT2D eigenvalue weighted by Gasteiger charge is -2.09. The molecule has 0 spiro atoms. The Bertz CT molecular complexity index is 1050. The summed E-state index contributed by atoms with van der Waals surface area (Å²) in [6.45, 7) is 1.86. The van der Waals surface area contributed by atoms with E-state index >= 15 is 0 Å². The maximum Gasteiger partial charge on any atom is 0.270 e. The molecule has 7 nitrogen and oxygen atoms in total. The molecule has 7 heteroatoms. The molecule has 0 atom stereocenters. The van der Waals surface area contributed by atoms with Gasteiger partial charge in [0.25, 0.3) is 17.5 Å². The lowest BCUT2D eigenvalue weighted by molar-refractivity contribution is -0.384. The Labute approximate surface area is 161 Å². The Balaban J connectivity index is 1.67. The molecule has 0 aliphatic carbocycles. The Kier molecular flexibility index (Phi) is 5.45. The molecule has 0 fully saturated rings. The number of nitrogens with one attached hydrogen (secondary N) is 2. The van der Waals surface area contributed by atoms with E-state index in [1.54, 1.807) is 36.4 Å². The molecule has 28 heavy (non-hydrogen) atoms. The van der Waals surface area contributed by atoms with Crippen molar-refractivity contribution in [1.29, 1.82) is 0 Å². The number of nitrogens with zero attached hydrogens (tertiary/aromatic N) is 1. The summed E-state index contributed by atoms with van der Waals surface area (Å²) in [6, 6.07) is 19.4. The predicted octanol–water partition coefficient (Wildman–Crippen LogP) is 4.41. The summed E-state index contributed by atoms with van der Waals surface area (Å²) in [7, 11) is 0. The van der Waals surface area contributed by atoms with E-state index in [0.29, 0.717) is 16.9 Å². The van der Waals surface area contributed by atoms with Crippen molar-refractivity contribution in [3.63, 3.8) is 0 Å². The molecule has 0 bridgehead atoms. The van der Waals surface area contributed by atoms with Crippen LogP contribution in [0, 0.1) is 17.0 Å². The van der Waals surface area contributed by atoms with Gasteiger partial charge in [0.2, 0.25) is 0 Å². The predicted molar refractivity (Wildman–Crippen MR) is 107 cm³/mol. The number of hydrogen-bond acceptors (Lipinski definition) is 4. The number of carbonyl (C=O) groups excluding carboxylic acids is 2. The van der Waals surface area contributed by atoms with Crippen LogP contribution in [0.4, 0.5) is 17.1 Å². The summed E-state index contributed by atoms with van der Waals surface area (Å²) in [5, 5.41) is 16.3. The second-order valence-electron chi connectivity index (χ2n) is 6.11. The number of benzene rings is 3. The second-order valence-corrected chi connectivity index (χ2v) is 6.11. The first-order valence-corrected chi connectivity index (χ1v) is 8.47. The normalized spacial score (nSPS) is 10.2. The van der Waals surface area contributed by atoms with Gasteiger partial charge >= 0.3 is 0 Å². The van der Waals surface area contributed by atoms with Gasteiger partial charge in [0, 0.05) is 34.6 Å². The molecule has 0 saturated heterocycles. The molecular weight excluding hydrogens is 358 g/mol. The van der Waals surface area contributed by atoms with Gasteiger partial charge in [0.05, 0.1) is 4.92 Å². The zero-order valence-corrected chi connectivity index (χ0v) is 15.0. The van der Waals surface area contributed by atoms with Crippen molar-refractivity contribution in [1.82, 2.24) is 0 Å². The van der Waals surface area contributed by atoms with Crippen LogP contribution in [-0.4, -0.2) is 16.7 Å². The molecule has 0 heterocycles. The first kappa shape index (κ1) is 18.8. The number of nitro benzene ring substituents is 1. The average Bonchev–Trinajstić information content (AvgIpc) is 2.69. The van der Waals surface area contributed by atoms with Crippen molar-refractivity contribution >= 4 is 28.9 Å². The highest BCUT2D eigenvalue weighted by Crippen LogP contribution is 2.18. The minimum atomic E-state index is -0.553. The molecule has 0 aromatic heterocycles. The van der Waals surface area contributed by atoms with E-state index in [2.05, 4.69) is 10.6 Å². The number of anilines is 2. The van der Waals surface area contributed by atoms with Gasteiger partial charge in [-0.1, -0.05) is 24.3 Å². The number of non-ortho nitro benzene ring substituents is 1. The van der Waals surface area contributed by atoms with E-state index in [-0.39, 0.29) is 17.2 Å². The van der Waals surface area contributed by atoms with Crippen molar-refractivity contribution in [2.45, 2.75) is 6.92 Å². The smallest absolute Gasteiger partial charge is 0.270 e. The van der Waals surface area contributed by atoms with E-state index in [4.69, 9.17) is 0 Å². The van der Waals surface area contributed by atoms with Crippen LogP contribution in [0.5, 0.6) is 0 Å². The molecular formula is C21H17N3O4. The molecule has 0 aliphatic heterocycles. The minimum Gasteiger partial charge on any atom is -0.322 e. The van der Waals surface area contributed by atoms with Gasteiger partial charge < -0.3 is 10.6 Å². The molecule has 2 amide bonds. The number of hydrogen-bond donors (Lipinski definition) is 2. The van der Waals surface area contributed by atoms with Crippen molar-refractivity contribution in [2.75, 3.05) is 10.6 Å². The average molecular weight is 375 g/mol. The molecule has 3 aromatic carbocycles. The fourth-order valence-corrected chi connectivity index (χ4v) is 2.63. The van der Waals surface area contributed by atoms with Gasteiger partial charge in [-0.3, -0.25) is 19.7 Å². The van der Waals surface area contributed by atoms with Crippen molar-refractivity contribution in [3.8, 4) is 0 Å². The highest BCUT2D eigenvalue weighted by Gasteiger charge is 2.12. The number of nitro groups is 1. The highest BCUT2D eigenvalue weighted by molar-refractivity contribution is 6.06. The molecule has 0 aliphatic rings. The third-order valence-electron chi connectivity index (χ3n) is 4.11. The lowest BCUT2D eigenvalue weighted by Crippen LogP contribution is -2.14. The van der Waals surface area contributed by atoms with Crippen LogP contribution in [0.15, 0.2) is 72.8 Å². The van der Waals surface area contributed by atoms with Gasteiger partial charge in [-0.05, 0) is 48.9 Å². The topological polar surface area (TPSA) is 101 Å². The second kappa shape index (κ2) is 8.13. The van der Waals surface area contributed by atoms with Gasteiger partial charge in [-0.2, -0.15) is 0 Å². The van der Waals surface area contributed by atoms with E-state index in [1.807, 2.05) is 19.1 Å². The monoisotopic (exact) mass is 375 g/mol. The molecule has 2 N–H and O–H groups in total. The summed E-state index contributed by atoms with van der Waals surface area (Å²) >= 11 is 0. The van der Waals surface area contributed by atoms with E-state index < -0.39 is 10.8 Å². The van der Waals surface area contributed by atoms with Crippen LogP contribution < -0.4 is 10.6 Å². The van der Waals surface area contributed by atoms with E-state index in [9.17, 15) is 19.7 Å². The molecule has 0 radical (unpaired) electrons. The van der Waals surface area contributed by atoms with E-state index in [0.717, 1.165) is 5.56 Å². The zero-order chi connectivity index (χ0) is 20.1. The largest absolute Gasteiger partial charge is 0.322 e. The number of rotatable bonds is 5. The fourth-order valence-electron chi connectivity index (χ4n) is 2.63. The van der Waals surface area contributed by atoms with Crippen LogP contribution >= 0.6 is 0 Å². The minimum absolute atomic E-state index is 0.151. The first-order valence-electron chi connectivity index (χ1n) is 8.47. The number of amides is 2. The third kappa shape index (κ3) is 4.39. The van der Waals surface area contributed by atoms with Crippen LogP contribution in [0.2, 0.25) is 0 Å². The quantitative estimate of drug-likeness (QED) is 0.509. The Morgan fingerprint density at radius 1 is 0.821 bits per heavy atom. The van der Waals surface area contributed by atoms with Crippen LogP contribution in [-0.2, 0) is 0 Å². The number of carbonyl (C=O) groups is 2. The van der Waals surface area contributed by atoms with Gasteiger partial charge in [0.1, 0.15) is 0 Å². The van der Waals surface area contributed by atoms with Crippen LogP contribution in [0.25, 0.3) is 0 Å². The van der Waals surface area contributed by atoms with Crippen molar-refractivity contribution < 1.29 is 14.5 Å². The maximum atomic E-state index is 12.3. The highest BCUT2D eigenvalue weighted by atomic mass is 16.6.